The van der Waals surface area contributed by atoms with E-state index in [1.54, 1.807) is 11.6 Å². The summed E-state index contributed by atoms with van der Waals surface area (Å²) in [6.45, 7) is 15.1. The van der Waals surface area contributed by atoms with Crippen LogP contribution in [0, 0.1) is 18.8 Å². The van der Waals surface area contributed by atoms with Gasteiger partial charge in [0.1, 0.15) is 27.0 Å². The number of anilines is 1. The van der Waals surface area contributed by atoms with E-state index in [0.717, 1.165) is 39.5 Å². The van der Waals surface area contributed by atoms with Gasteiger partial charge in [0.2, 0.25) is 5.91 Å². The van der Waals surface area contributed by atoms with Crippen molar-refractivity contribution in [2.24, 2.45) is 11.8 Å². The summed E-state index contributed by atoms with van der Waals surface area (Å²) in [5.74, 6) is 0.485. The highest BCUT2D eigenvalue weighted by Crippen LogP contribution is 2.40. The van der Waals surface area contributed by atoms with Gasteiger partial charge in [-0.3, -0.25) is 9.78 Å². The molecule has 1 aromatic carbocycles. The minimum Gasteiger partial charge on any atom is -0.488 e. The number of rotatable bonds is 9. The van der Waals surface area contributed by atoms with E-state index >= 15 is 0 Å². The molecule has 0 radical (unpaired) electrons. The van der Waals surface area contributed by atoms with Crippen LogP contribution < -0.4 is 15.4 Å². The van der Waals surface area contributed by atoms with Crippen LogP contribution >= 0.6 is 30.7 Å². The van der Waals surface area contributed by atoms with Crippen molar-refractivity contribution >= 4 is 63.5 Å². The Hall–Kier alpha value is -2.53. The average Bonchev–Trinajstić information content (AvgIpc) is 3.45. The average molecular weight is 605 g/mol. The number of aryl methyl sites for hydroxylation is 1. The molecular weight excluding hydrogens is 566 g/mol. The maximum Gasteiger partial charge on any atom is 0.231 e. The molecule has 1 saturated heterocycles. The van der Waals surface area contributed by atoms with Crippen molar-refractivity contribution in [3.63, 3.8) is 0 Å². The Balaban J connectivity index is 1.80. The fraction of sp³-hybridized carbons (Fsp3) is 0.379. The highest BCUT2D eigenvalue weighted by Gasteiger charge is 2.36. The molecule has 3 unspecified atom stereocenters. The van der Waals surface area contributed by atoms with Gasteiger partial charge >= 0.3 is 0 Å². The van der Waals surface area contributed by atoms with E-state index in [2.05, 4.69) is 96.2 Å². The van der Waals surface area contributed by atoms with Gasteiger partial charge in [-0.15, -0.1) is 23.6 Å². The number of carbonyl (C=O) groups is 1. The minimum absolute atomic E-state index is 0.0774. The lowest BCUT2D eigenvalue weighted by molar-refractivity contribution is -0.119. The summed E-state index contributed by atoms with van der Waals surface area (Å²) in [7, 11) is 9.90. The van der Waals surface area contributed by atoms with Gasteiger partial charge in [-0.25, -0.2) is 4.68 Å². The van der Waals surface area contributed by atoms with Crippen LogP contribution in [0.3, 0.4) is 0 Å². The van der Waals surface area contributed by atoms with Gasteiger partial charge in [0, 0.05) is 36.0 Å². The summed E-state index contributed by atoms with van der Waals surface area (Å²) in [5.41, 5.74) is 4.91. The summed E-state index contributed by atoms with van der Waals surface area (Å²) in [6, 6.07) is 10.1. The van der Waals surface area contributed by atoms with Crippen LogP contribution in [0.4, 0.5) is 5.82 Å². The molecule has 0 bridgehead atoms. The lowest BCUT2D eigenvalue weighted by Gasteiger charge is -2.39. The molecule has 3 aromatic rings. The summed E-state index contributed by atoms with van der Waals surface area (Å²) >= 11 is 5.18. The van der Waals surface area contributed by atoms with E-state index in [4.69, 9.17) is 22.1 Å². The number of hydrogen-bond donors (Lipinski definition) is 2. The van der Waals surface area contributed by atoms with E-state index < -0.39 is 5.60 Å². The van der Waals surface area contributed by atoms with Crippen LogP contribution in [-0.2, 0) is 9.59 Å². The molecule has 1 aliphatic rings. The number of hydrogen-bond acceptors (Lipinski definition) is 6. The van der Waals surface area contributed by atoms with E-state index in [-0.39, 0.29) is 27.9 Å². The highest BCUT2D eigenvalue weighted by molar-refractivity contribution is 7.79. The SMILES string of the molecule is BC(P)(P)c1cncc(-n2nc(NC(=O)[C@H]3CNC(=C)C3C=S)cc2-c2cc(C)cc(OC(C)(C)C(B)(C)C)c2)c1. The number of aromatic nitrogens is 3. The van der Waals surface area contributed by atoms with Crippen LogP contribution in [-0.4, -0.2) is 53.9 Å². The number of carbonyl (C=O) groups excluding carboxylic acids is 1. The lowest BCUT2D eigenvalue weighted by Crippen LogP contribution is -2.39. The molecule has 2 aromatic heterocycles. The van der Waals surface area contributed by atoms with E-state index in [0.29, 0.717) is 12.4 Å². The summed E-state index contributed by atoms with van der Waals surface area (Å²) < 4.78 is 8.37. The zero-order chi connectivity index (χ0) is 30.3. The highest BCUT2D eigenvalue weighted by atomic mass is 32.1. The number of benzene rings is 1. The molecular formula is C29H39B2N5O2P2S. The molecule has 0 spiro atoms. The molecule has 2 N–H and O–H groups in total. The van der Waals surface area contributed by atoms with E-state index in [1.807, 2.05) is 36.0 Å². The molecule has 1 fully saturated rings. The van der Waals surface area contributed by atoms with Crippen molar-refractivity contribution in [2.75, 3.05) is 11.9 Å². The van der Waals surface area contributed by atoms with Crippen LogP contribution in [0.15, 0.2) is 55.0 Å². The molecule has 4 rings (SSSR count). The fourth-order valence-electron chi connectivity index (χ4n) is 4.47. The minimum atomic E-state index is -0.407. The zero-order valence-electron chi connectivity index (χ0n) is 24.9. The predicted octanol–water partition coefficient (Wildman–Crippen LogP) is 4.01. The monoisotopic (exact) mass is 605 g/mol. The Morgan fingerprint density at radius 3 is 2.54 bits per heavy atom. The first-order chi connectivity index (χ1) is 19.0. The molecule has 4 atom stereocenters. The molecule has 1 amide bonds. The first kappa shape index (κ1) is 31.4. The van der Waals surface area contributed by atoms with Crippen LogP contribution in [0.25, 0.3) is 16.9 Å². The van der Waals surface area contributed by atoms with Crippen LogP contribution in [0.1, 0.15) is 38.8 Å². The molecule has 41 heavy (non-hydrogen) atoms. The molecule has 214 valence electrons. The number of pyridine rings is 1. The first-order valence-electron chi connectivity index (χ1n) is 13.6. The normalized spacial score (nSPS) is 17.7. The largest absolute Gasteiger partial charge is 0.488 e. The van der Waals surface area contributed by atoms with Crippen molar-refractivity contribution in [1.82, 2.24) is 20.1 Å². The van der Waals surface area contributed by atoms with Gasteiger partial charge in [0.25, 0.3) is 0 Å². The van der Waals surface area contributed by atoms with Gasteiger partial charge in [-0.05, 0) is 71.6 Å². The maximum atomic E-state index is 13.3. The zero-order valence-corrected chi connectivity index (χ0v) is 28.0. The summed E-state index contributed by atoms with van der Waals surface area (Å²) in [6.07, 6.45) is 3.61. The first-order valence-corrected chi connectivity index (χ1v) is 15.3. The van der Waals surface area contributed by atoms with E-state index in [1.165, 1.54) is 0 Å². The maximum absolute atomic E-state index is 13.3. The predicted molar refractivity (Wildman–Crippen MR) is 185 cm³/mol. The number of nitrogens with one attached hydrogen (secondary N) is 2. The summed E-state index contributed by atoms with van der Waals surface area (Å²) in [5, 5.41) is 12.6. The standard InChI is InChI=1S/C29H39B2N5O2P2S/c1-16-7-18(9-21(8-16)38-28(5,6)27(3,4)30)24-11-25(34-26(37)22-14-33-17(2)23(22)15-41)35-36(24)20-10-19(12-32-13-20)29(31,39)40/h7-13,15,22-23,33H,2,14,30-31,39-40H2,1,3-6H3,(H,34,35,37)/t22-,23?/m0/s1. The second-order valence-electron chi connectivity index (χ2n) is 12.6. The Labute approximate surface area is 255 Å². The van der Waals surface area contributed by atoms with Crippen molar-refractivity contribution in [1.29, 1.82) is 0 Å². The van der Waals surface area contributed by atoms with E-state index in [9.17, 15) is 4.79 Å². The van der Waals surface area contributed by atoms with Gasteiger partial charge in [0.05, 0.1) is 23.5 Å². The third kappa shape index (κ3) is 6.93. The summed E-state index contributed by atoms with van der Waals surface area (Å²) in [4.78, 5) is 17.6. The Morgan fingerprint density at radius 2 is 1.90 bits per heavy atom. The Kier molecular flexibility index (Phi) is 8.91. The second-order valence-corrected chi connectivity index (χ2v) is 15.9. The molecule has 0 saturated carbocycles. The Bertz CT molecular complexity index is 1500. The third-order valence-electron chi connectivity index (χ3n) is 7.95. The van der Waals surface area contributed by atoms with Crippen LogP contribution in [0.2, 0.25) is 5.31 Å². The quantitative estimate of drug-likeness (QED) is 0.218. The molecule has 12 heteroatoms. The van der Waals surface area contributed by atoms with Crippen molar-refractivity contribution in [3.05, 3.63) is 66.1 Å². The van der Waals surface area contributed by atoms with Crippen molar-refractivity contribution in [3.8, 4) is 22.7 Å². The lowest BCUT2D eigenvalue weighted by atomic mass is 9.62. The van der Waals surface area contributed by atoms with Gasteiger partial charge in [-0.2, -0.15) is 0 Å². The molecule has 3 heterocycles. The fourth-order valence-corrected chi connectivity index (χ4v) is 5.14. The topological polar surface area (TPSA) is 81.1 Å². The van der Waals surface area contributed by atoms with Crippen LogP contribution in [0.5, 0.6) is 5.75 Å². The van der Waals surface area contributed by atoms with Gasteiger partial charge < -0.3 is 15.4 Å². The molecule has 7 nitrogen and oxygen atoms in total. The molecule has 1 aliphatic heterocycles. The number of nitrogens with zero attached hydrogens (tertiary/aromatic N) is 3. The van der Waals surface area contributed by atoms with Crippen molar-refractivity contribution < 1.29 is 9.53 Å². The number of thiocarbonyl (C=S) groups is 1. The smallest absolute Gasteiger partial charge is 0.231 e. The number of allylic oxidation sites excluding steroid dienone is 1. The second kappa shape index (κ2) is 11.6. The van der Waals surface area contributed by atoms with Gasteiger partial charge in [-0.1, -0.05) is 32.6 Å². The molecule has 0 aliphatic carbocycles. The number of ether oxygens (including phenoxy) is 1. The Morgan fingerprint density at radius 1 is 1.20 bits per heavy atom. The third-order valence-corrected chi connectivity index (χ3v) is 8.91. The van der Waals surface area contributed by atoms with Crippen molar-refractivity contribution in [2.45, 2.75) is 50.3 Å². The van der Waals surface area contributed by atoms with Gasteiger partial charge in [0.15, 0.2) is 5.82 Å². The number of amides is 1.